The largest absolute Gasteiger partial charge is 0.397 e. The van der Waals surface area contributed by atoms with Crippen molar-refractivity contribution in [2.24, 2.45) is 0 Å². The van der Waals surface area contributed by atoms with Crippen molar-refractivity contribution >= 4 is 27.1 Å². The average molecular weight is 298 g/mol. The Morgan fingerprint density at radius 3 is 2.60 bits per heavy atom. The highest BCUT2D eigenvalue weighted by molar-refractivity contribution is 7.92. The third-order valence-corrected chi connectivity index (χ3v) is 4.59. The van der Waals surface area contributed by atoms with E-state index in [-0.39, 0.29) is 5.75 Å². The highest BCUT2D eigenvalue weighted by Gasteiger charge is 2.17. The molecule has 1 aromatic rings. The van der Waals surface area contributed by atoms with Crippen LogP contribution in [-0.2, 0) is 14.6 Å². The van der Waals surface area contributed by atoms with Crippen LogP contribution in [0.2, 0.25) is 0 Å². The van der Waals surface area contributed by atoms with Crippen LogP contribution in [0.25, 0.3) is 0 Å². The summed E-state index contributed by atoms with van der Waals surface area (Å²) in [4.78, 5) is 11.8. The number of nitrogens with one attached hydrogen (secondary N) is 1. The molecule has 0 atom stereocenters. The number of hydrogen-bond acceptors (Lipinski definition) is 4. The Kier molecular flexibility index (Phi) is 6.01. The van der Waals surface area contributed by atoms with Crippen molar-refractivity contribution < 1.29 is 13.2 Å². The van der Waals surface area contributed by atoms with Crippen LogP contribution in [0.15, 0.2) is 18.2 Å². The molecule has 5 nitrogen and oxygen atoms in total. The standard InChI is InChI=1S/C14H22N2O3S/c1-3-4-5-9-20(18,19)10-13(17)16-14-11(2)7-6-8-12(14)15/h6-8H,3-5,9-10,15H2,1-2H3,(H,16,17). The molecular formula is C14H22N2O3S. The third kappa shape index (κ3) is 5.21. The summed E-state index contributed by atoms with van der Waals surface area (Å²) in [5, 5.41) is 2.58. The van der Waals surface area contributed by atoms with E-state index in [1.807, 2.05) is 19.9 Å². The van der Waals surface area contributed by atoms with Crippen molar-refractivity contribution in [1.29, 1.82) is 0 Å². The van der Waals surface area contributed by atoms with Crippen LogP contribution < -0.4 is 11.1 Å². The van der Waals surface area contributed by atoms with Gasteiger partial charge in [0.15, 0.2) is 9.84 Å². The SMILES string of the molecule is CCCCCS(=O)(=O)CC(=O)Nc1c(C)cccc1N. The van der Waals surface area contributed by atoms with Gasteiger partial charge in [0, 0.05) is 0 Å². The number of nitrogens with two attached hydrogens (primary N) is 1. The second-order valence-corrected chi connectivity index (χ2v) is 7.07. The summed E-state index contributed by atoms with van der Waals surface area (Å²) in [7, 11) is -3.35. The Hall–Kier alpha value is -1.56. The lowest BCUT2D eigenvalue weighted by Gasteiger charge is -2.11. The maximum Gasteiger partial charge on any atom is 0.239 e. The highest BCUT2D eigenvalue weighted by Crippen LogP contribution is 2.22. The summed E-state index contributed by atoms with van der Waals surface area (Å²) in [5.41, 5.74) is 7.49. The number of benzene rings is 1. The zero-order valence-corrected chi connectivity index (χ0v) is 12.8. The molecule has 6 heteroatoms. The van der Waals surface area contributed by atoms with Gasteiger partial charge in [-0.2, -0.15) is 0 Å². The van der Waals surface area contributed by atoms with Crippen molar-refractivity contribution in [2.45, 2.75) is 33.1 Å². The Balaban J connectivity index is 2.64. The fraction of sp³-hybridized carbons (Fsp3) is 0.500. The normalized spacial score (nSPS) is 11.3. The van der Waals surface area contributed by atoms with Crippen LogP contribution in [0, 0.1) is 6.92 Å². The van der Waals surface area contributed by atoms with E-state index < -0.39 is 21.5 Å². The number of carbonyl (C=O) groups excluding carboxylic acids is 1. The average Bonchev–Trinajstić information content (AvgIpc) is 2.33. The molecule has 1 aromatic carbocycles. The third-order valence-electron chi connectivity index (χ3n) is 2.98. The molecule has 0 aliphatic heterocycles. The predicted octanol–water partition coefficient (Wildman–Crippen LogP) is 2.12. The molecule has 112 valence electrons. The molecular weight excluding hydrogens is 276 g/mol. The number of sulfone groups is 1. The molecule has 0 aromatic heterocycles. The molecule has 0 aliphatic carbocycles. The number of rotatable bonds is 7. The summed E-state index contributed by atoms with van der Waals surface area (Å²) < 4.78 is 23.6. The molecule has 0 unspecified atom stereocenters. The molecule has 0 saturated heterocycles. The fourth-order valence-corrected chi connectivity index (χ4v) is 3.14. The highest BCUT2D eigenvalue weighted by atomic mass is 32.2. The molecule has 0 heterocycles. The summed E-state index contributed by atoms with van der Waals surface area (Å²) in [6.45, 7) is 3.81. The number of nitrogen functional groups attached to an aromatic ring is 1. The van der Waals surface area contributed by atoms with E-state index in [2.05, 4.69) is 5.32 Å². The monoisotopic (exact) mass is 298 g/mol. The second kappa shape index (κ2) is 7.28. The topological polar surface area (TPSA) is 89.3 Å². The van der Waals surface area contributed by atoms with Gasteiger partial charge in [0.05, 0.1) is 17.1 Å². The van der Waals surface area contributed by atoms with Crippen molar-refractivity contribution in [3.05, 3.63) is 23.8 Å². The van der Waals surface area contributed by atoms with Gasteiger partial charge in [0.2, 0.25) is 5.91 Å². The summed E-state index contributed by atoms with van der Waals surface area (Å²) in [5.74, 6) is -0.982. The van der Waals surface area contributed by atoms with Gasteiger partial charge in [-0.1, -0.05) is 31.9 Å². The van der Waals surface area contributed by atoms with E-state index >= 15 is 0 Å². The van der Waals surface area contributed by atoms with E-state index in [4.69, 9.17) is 5.73 Å². The first-order valence-corrected chi connectivity index (χ1v) is 8.53. The van der Waals surface area contributed by atoms with Crippen LogP contribution in [0.3, 0.4) is 0 Å². The quantitative estimate of drug-likeness (QED) is 0.596. The Bertz CT molecular complexity index is 548. The van der Waals surface area contributed by atoms with Crippen LogP contribution in [-0.4, -0.2) is 25.8 Å². The molecule has 20 heavy (non-hydrogen) atoms. The smallest absolute Gasteiger partial charge is 0.239 e. The minimum Gasteiger partial charge on any atom is -0.397 e. The summed E-state index contributed by atoms with van der Waals surface area (Å²) >= 11 is 0. The van der Waals surface area contributed by atoms with Crippen LogP contribution >= 0.6 is 0 Å². The summed E-state index contributed by atoms with van der Waals surface area (Å²) in [6.07, 6.45) is 2.39. The number of anilines is 2. The maximum atomic E-state index is 11.8. The van der Waals surface area contributed by atoms with Gasteiger partial charge in [0.25, 0.3) is 0 Å². The van der Waals surface area contributed by atoms with Crippen molar-refractivity contribution in [2.75, 3.05) is 22.6 Å². The molecule has 1 rings (SSSR count). The van der Waals surface area contributed by atoms with E-state index in [9.17, 15) is 13.2 Å². The van der Waals surface area contributed by atoms with Crippen LogP contribution in [0.5, 0.6) is 0 Å². The molecule has 0 radical (unpaired) electrons. The first kappa shape index (κ1) is 16.5. The molecule has 3 N–H and O–H groups in total. The molecule has 0 aliphatic rings. The van der Waals surface area contributed by atoms with Crippen molar-refractivity contribution in [1.82, 2.24) is 0 Å². The molecule has 0 spiro atoms. The van der Waals surface area contributed by atoms with E-state index in [0.29, 0.717) is 17.8 Å². The van der Waals surface area contributed by atoms with E-state index in [0.717, 1.165) is 18.4 Å². The van der Waals surface area contributed by atoms with Gasteiger partial charge in [-0.3, -0.25) is 4.79 Å². The lowest BCUT2D eigenvalue weighted by Crippen LogP contribution is -2.25. The number of amides is 1. The van der Waals surface area contributed by atoms with Crippen molar-refractivity contribution in [3.63, 3.8) is 0 Å². The van der Waals surface area contributed by atoms with Gasteiger partial charge in [-0.25, -0.2) is 8.42 Å². The zero-order chi connectivity index (χ0) is 15.2. The van der Waals surface area contributed by atoms with E-state index in [1.54, 1.807) is 12.1 Å². The second-order valence-electron chi connectivity index (χ2n) is 4.89. The first-order valence-electron chi connectivity index (χ1n) is 6.71. The lowest BCUT2D eigenvalue weighted by atomic mass is 10.1. The minimum atomic E-state index is -3.35. The number of unbranched alkanes of at least 4 members (excludes halogenated alkanes) is 2. The van der Waals surface area contributed by atoms with Crippen LogP contribution in [0.1, 0.15) is 31.7 Å². The van der Waals surface area contributed by atoms with Crippen molar-refractivity contribution in [3.8, 4) is 0 Å². The summed E-state index contributed by atoms with van der Waals surface area (Å²) in [6, 6.07) is 5.25. The fourth-order valence-electron chi connectivity index (χ4n) is 1.88. The number of para-hydroxylation sites is 1. The number of carbonyl (C=O) groups is 1. The number of aryl methyl sites for hydroxylation is 1. The Morgan fingerprint density at radius 1 is 1.30 bits per heavy atom. The molecule has 0 bridgehead atoms. The number of hydrogen-bond donors (Lipinski definition) is 2. The maximum absolute atomic E-state index is 11.8. The Morgan fingerprint density at radius 2 is 2.00 bits per heavy atom. The zero-order valence-electron chi connectivity index (χ0n) is 12.0. The molecule has 1 amide bonds. The van der Waals surface area contributed by atoms with Gasteiger partial charge in [0.1, 0.15) is 5.75 Å². The Labute approximate surface area is 120 Å². The first-order chi connectivity index (χ1) is 9.35. The molecule has 0 fully saturated rings. The predicted molar refractivity (Wildman–Crippen MR) is 82.4 cm³/mol. The molecule has 0 saturated carbocycles. The van der Waals surface area contributed by atoms with Gasteiger partial charge < -0.3 is 11.1 Å². The van der Waals surface area contributed by atoms with Gasteiger partial charge in [-0.05, 0) is 25.0 Å². The van der Waals surface area contributed by atoms with Crippen LogP contribution in [0.4, 0.5) is 11.4 Å². The minimum absolute atomic E-state index is 0.0531. The van der Waals surface area contributed by atoms with E-state index in [1.165, 1.54) is 0 Å². The van der Waals surface area contributed by atoms with Gasteiger partial charge >= 0.3 is 0 Å². The van der Waals surface area contributed by atoms with Gasteiger partial charge in [-0.15, -0.1) is 0 Å². The lowest BCUT2D eigenvalue weighted by molar-refractivity contribution is -0.113.